The fraction of sp³-hybridized carbons (Fsp3) is 0.500. The first kappa shape index (κ1) is 12.2. The molecule has 2 N–H and O–H groups in total. The van der Waals surface area contributed by atoms with Gasteiger partial charge in [-0.25, -0.2) is 9.78 Å². The molecule has 0 aliphatic carbocycles. The normalized spacial score (nSPS) is 12.5. The highest BCUT2D eigenvalue weighted by Gasteiger charge is 2.24. The van der Waals surface area contributed by atoms with Gasteiger partial charge < -0.3 is 15.0 Å². The van der Waals surface area contributed by atoms with Crippen molar-refractivity contribution in [3.8, 4) is 0 Å². The van der Waals surface area contributed by atoms with Crippen LogP contribution < -0.4 is 5.32 Å². The third-order valence-electron chi connectivity index (χ3n) is 2.14. The number of imidazole rings is 1. The molecular weight excluding hydrogens is 210 g/mol. The van der Waals surface area contributed by atoms with E-state index in [1.54, 1.807) is 10.9 Å². The maximum Gasteiger partial charge on any atom is 0.332 e. The highest BCUT2D eigenvalue weighted by Crippen LogP contribution is 2.17. The van der Waals surface area contributed by atoms with Crippen LogP contribution in [0.1, 0.15) is 38.5 Å². The summed E-state index contributed by atoms with van der Waals surface area (Å²) in [7, 11) is 0. The molecule has 0 bridgehead atoms. The SMILES string of the molecule is CC(=O)NC(C(=O)O)c1cncn1C(C)C. The molecule has 1 amide bonds. The lowest BCUT2D eigenvalue weighted by Gasteiger charge is -2.17. The number of carbonyl (C=O) groups excluding carboxylic acids is 1. The number of rotatable bonds is 4. The van der Waals surface area contributed by atoms with Crippen molar-refractivity contribution in [1.29, 1.82) is 0 Å². The van der Waals surface area contributed by atoms with E-state index in [9.17, 15) is 9.59 Å². The van der Waals surface area contributed by atoms with Crippen LogP contribution in [0, 0.1) is 0 Å². The van der Waals surface area contributed by atoms with E-state index in [4.69, 9.17) is 5.11 Å². The molecule has 0 spiro atoms. The Hall–Kier alpha value is -1.85. The third kappa shape index (κ3) is 2.59. The second kappa shape index (κ2) is 4.78. The molecule has 0 aliphatic heterocycles. The summed E-state index contributed by atoms with van der Waals surface area (Å²) < 4.78 is 1.72. The quantitative estimate of drug-likeness (QED) is 0.791. The van der Waals surface area contributed by atoms with E-state index in [1.165, 1.54) is 13.1 Å². The first-order valence-electron chi connectivity index (χ1n) is 4.95. The van der Waals surface area contributed by atoms with Gasteiger partial charge >= 0.3 is 5.97 Å². The van der Waals surface area contributed by atoms with Crippen molar-refractivity contribution >= 4 is 11.9 Å². The predicted molar refractivity (Wildman–Crippen MR) is 56.8 cm³/mol. The van der Waals surface area contributed by atoms with Gasteiger partial charge in [0.1, 0.15) is 0 Å². The van der Waals surface area contributed by atoms with Crippen molar-refractivity contribution in [2.45, 2.75) is 32.9 Å². The molecule has 88 valence electrons. The van der Waals surface area contributed by atoms with Crippen LogP contribution in [0.5, 0.6) is 0 Å². The van der Waals surface area contributed by atoms with E-state index in [1.807, 2.05) is 13.8 Å². The van der Waals surface area contributed by atoms with Gasteiger partial charge in [0.25, 0.3) is 0 Å². The predicted octanol–water partition coefficient (Wildman–Crippen LogP) is 0.726. The van der Waals surface area contributed by atoms with Gasteiger partial charge in [-0.1, -0.05) is 0 Å². The molecule has 0 saturated heterocycles. The van der Waals surface area contributed by atoms with Crippen LogP contribution >= 0.6 is 0 Å². The van der Waals surface area contributed by atoms with Crippen LogP contribution in [0.3, 0.4) is 0 Å². The van der Waals surface area contributed by atoms with Gasteiger partial charge in [-0.2, -0.15) is 0 Å². The molecule has 0 radical (unpaired) electrons. The number of aliphatic carboxylic acids is 1. The minimum atomic E-state index is -1.10. The van der Waals surface area contributed by atoms with Crippen molar-refractivity contribution < 1.29 is 14.7 Å². The molecule has 6 heteroatoms. The fourth-order valence-corrected chi connectivity index (χ4v) is 1.44. The second-order valence-electron chi connectivity index (χ2n) is 3.79. The van der Waals surface area contributed by atoms with Gasteiger partial charge in [-0.05, 0) is 13.8 Å². The molecule has 16 heavy (non-hydrogen) atoms. The van der Waals surface area contributed by atoms with Crippen molar-refractivity contribution in [2.75, 3.05) is 0 Å². The minimum Gasteiger partial charge on any atom is -0.479 e. The van der Waals surface area contributed by atoms with E-state index < -0.39 is 12.0 Å². The Labute approximate surface area is 93.3 Å². The summed E-state index contributed by atoms with van der Waals surface area (Å²) in [4.78, 5) is 25.9. The van der Waals surface area contributed by atoms with Gasteiger partial charge in [0.2, 0.25) is 5.91 Å². The molecule has 6 nitrogen and oxygen atoms in total. The molecule has 1 heterocycles. The van der Waals surface area contributed by atoms with Crippen molar-refractivity contribution in [3.05, 3.63) is 18.2 Å². The first-order chi connectivity index (χ1) is 7.43. The van der Waals surface area contributed by atoms with Crippen molar-refractivity contribution in [1.82, 2.24) is 14.9 Å². The summed E-state index contributed by atoms with van der Waals surface area (Å²) in [5.74, 6) is -1.48. The largest absolute Gasteiger partial charge is 0.479 e. The van der Waals surface area contributed by atoms with Gasteiger partial charge in [-0.15, -0.1) is 0 Å². The lowest BCUT2D eigenvalue weighted by Crippen LogP contribution is -2.33. The summed E-state index contributed by atoms with van der Waals surface area (Å²) in [6, 6.07) is -0.962. The zero-order valence-electron chi connectivity index (χ0n) is 9.47. The summed E-state index contributed by atoms with van der Waals surface area (Å²) in [6.07, 6.45) is 3.01. The number of hydrogen-bond acceptors (Lipinski definition) is 3. The Kier molecular flexibility index (Phi) is 3.65. The number of carboxylic acids is 1. The number of nitrogens with one attached hydrogen (secondary N) is 1. The second-order valence-corrected chi connectivity index (χ2v) is 3.79. The van der Waals surface area contributed by atoms with E-state index in [0.29, 0.717) is 5.69 Å². The van der Waals surface area contributed by atoms with E-state index in [2.05, 4.69) is 10.3 Å². The summed E-state index contributed by atoms with van der Waals surface area (Å²) >= 11 is 0. The zero-order chi connectivity index (χ0) is 12.3. The molecule has 1 unspecified atom stereocenters. The van der Waals surface area contributed by atoms with Crippen molar-refractivity contribution in [2.24, 2.45) is 0 Å². The molecular formula is C10H15N3O3. The fourth-order valence-electron chi connectivity index (χ4n) is 1.44. The van der Waals surface area contributed by atoms with E-state index >= 15 is 0 Å². The van der Waals surface area contributed by atoms with Crippen LogP contribution in [0.2, 0.25) is 0 Å². The summed E-state index contributed by atoms with van der Waals surface area (Å²) in [6.45, 7) is 5.11. The molecule has 1 aromatic heterocycles. The van der Waals surface area contributed by atoms with Crippen LogP contribution in [0.25, 0.3) is 0 Å². The van der Waals surface area contributed by atoms with Crippen molar-refractivity contribution in [3.63, 3.8) is 0 Å². The Balaban J connectivity index is 3.06. The van der Waals surface area contributed by atoms with Crippen LogP contribution in [-0.4, -0.2) is 26.5 Å². The highest BCUT2D eigenvalue weighted by atomic mass is 16.4. The monoisotopic (exact) mass is 225 g/mol. The third-order valence-corrected chi connectivity index (χ3v) is 2.14. The van der Waals surface area contributed by atoms with Crippen LogP contribution in [-0.2, 0) is 9.59 Å². The summed E-state index contributed by atoms with van der Waals surface area (Å²) in [5, 5.41) is 11.4. The molecule has 1 atom stereocenters. The van der Waals surface area contributed by atoms with E-state index in [0.717, 1.165) is 0 Å². The average molecular weight is 225 g/mol. The molecule has 1 rings (SSSR count). The molecule has 0 aliphatic rings. The average Bonchev–Trinajstić information content (AvgIpc) is 2.61. The maximum absolute atomic E-state index is 11.1. The molecule has 0 fully saturated rings. The highest BCUT2D eigenvalue weighted by molar-refractivity contribution is 5.82. The standard InChI is InChI=1S/C10H15N3O3/c1-6(2)13-5-11-4-8(13)9(10(15)16)12-7(3)14/h4-6,9H,1-3H3,(H,12,14)(H,15,16). The van der Waals surface area contributed by atoms with Crippen LogP contribution in [0.4, 0.5) is 0 Å². The lowest BCUT2D eigenvalue weighted by molar-refractivity contribution is -0.141. The topological polar surface area (TPSA) is 84.2 Å². The van der Waals surface area contributed by atoms with Gasteiger partial charge in [0.15, 0.2) is 6.04 Å². The Morgan fingerprint density at radius 2 is 2.12 bits per heavy atom. The van der Waals surface area contributed by atoms with Crippen LogP contribution in [0.15, 0.2) is 12.5 Å². The number of aromatic nitrogens is 2. The molecule has 0 aromatic carbocycles. The summed E-state index contributed by atoms with van der Waals surface area (Å²) in [5.41, 5.74) is 0.470. The smallest absolute Gasteiger partial charge is 0.332 e. The molecule has 1 aromatic rings. The maximum atomic E-state index is 11.1. The van der Waals surface area contributed by atoms with Gasteiger partial charge in [0.05, 0.1) is 18.2 Å². The molecule has 0 saturated carbocycles. The first-order valence-corrected chi connectivity index (χ1v) is 4.95. The zero-order valence-corrected chi connectivity index (χ0v) is 9.47. The Morgan fingerprint density at radius 3 is 2.56 bits per heavy atom. The van der Waals surface area contributed by atoms with E-state index in [-0.39, 0.29) is 11.9 Å². The number of nitrogens with zero attached hydrogens (tertiary/aromatic N) is 2. The lowest BCUT2D eigenvalue weighted by atomic mass is 10.2. The Bertz CT molecular complexity index is 398. The number of carbonyl (C=O) groups is 2. The minimum absolute atomic E-state index is 0.0908. The Morgan fingerprint density at radius 1 is 1.50 bits per heavy atom. The number of amides is 1. The number of hydrogen-bond donors (Lipinski definition) is 2. The van der Waals surface area contributed by atoms with Gasteiger partial charge in [-0.3, -0.25) is 4.79 Å². The number of carboxylic acid groups (broad SMARTS) is 1. The van der Waals surface area contributed by atoms with Gasteiger partial charge in [0, 0.05) is 13.0 Å².